The van der Waals surface area contributed by atoms with Gasteiger partial charge in [0.15, 0.2) is 0 Å². The van der Waals surface area contributed by atoms with Crippen LogP contribution >= 0.6 is 0 Å². The lowest BCUT2D eigenvalue weighted by Crippen LogP contribution is -2.42. The van der Waals surface area contributed by atoms with Crippen LogP contribution in [0.1, 0.15) is 18.4 Å². The number of nitrogens with zero attached hydrogens (tertiary/aromatic N) is 2. The van der Waals surface area contributed by atoms with Crippen LogP contribution in [0.25, 0.3) is 0 Å². The summed E-state index contributed by atoms with van der Waals surface area (Å²) in [6.45, 7) is 1.56. The molecule has 6 nitrogen and oxygen atoms in total. The summed E-state index contributed by atoms with van der Waals surface area (Å²) in [6.07, 6.45) is 6.37. The molecule has 1 aliphatic heterocycles. The Morgan fingerprint density at radius 2 is 2.35 bits per heavy atom. The predicted octanol–water partition coefficient (Wildman–Crippen LogP) is 2.90. The highest BCUT2D eigenvalue weighted by Gasteiger charge is 2.24. The molecule has 1 atom stereocenters. The van der Waals surface area contributed by atoms with Gasteiger partial charge in [-0.1, -0.05) is 18.2 Å². The molecule has 2 aromatic rings. The van der Waals surface area contributed by atoms with E-state index in [0.29, 0.717) is 11.6 Å². The molecular weight excluding hydrogens is 292 g/mol. The van der Waals surface area contributed by atoms with E-state index in [0.717, 1.165) is 38.1 Å². The average Bonchev–Trinajstić information content (AvgIpc) is 3.08. The monoisotopic (exact) mass is 314 g/mol. The highest BCUT2D eigenvalue weighted by Crippen LogP contribution is 2.26. The molecule has 0 bridgehead atoms. The molecule has 0 saturated carbocycles. The maximum Gasteiger partial charge on any atom is 0.321 e. The summed E-state index contributed by atoms with van der Waals surface area (Å²) < 4.78 is 5.43. The number of aromatic amines is 1. The second-order valence-electron chi connectivity index (χ2n) is 5.89. The second kappa shape index (κ2) is 7.17. The Morgan fingerprint density at radius 3 is 3.13 bits per heavy atom. The highest BCUT2D eigenvalue weighted by molar-refractivity contribution is 5.89. The van der Waals surface area contributed by atoms with Crippen LogP contribution in [0.15, 0.2) is 36.7 Å². The van der Waals surface area contributed by atoms with Crippen molar-refractivity contribution in [3.05, 3.63) is 42.2 Å². The number of aromatic nitrogens is 2. The number of carbonyl (C=O) groups is 1. The fourth-order valence-electron chi connectivity index (χ4n) is 3.12. The van der Waals surface area contributed by atoms with Crippen LogP contribution in [0.5, 0.6) is 5.75 Å². The van der Waals surface area contributed by atoms with E-state index in [1.807, 2.05) is 23.1 Å². The number of ether oxygens (including phenoxy) is 1. The van der Waals surface area contributed by atoms with Crippen molar-refractivity contribution in [2.75, 3.05) is 25.5 Å². The topological polar surface area (TPSA) is 70.2 Å². The number of nitrogens with one attached hydrogen (secondary N) is 2. The third-order valence-corrected chi connectivity index (χ3v) is 4.26. The molecule has 0 spiro atoms. The molecule has 2 N–H and O–H groups in total. The number of anilines is 1. The molecule has 0 unspecified atom stereocenters. The van der Waals surface area contributed by atoms with Crippen LogP contribution in [-0.2, 0) is 6.42 Å². The van der Waals surface area contributed by atoms with Crippen LogP contribution in [0.2, 0.25) is 0 Å². The first-order chi connectivity index (χ1) is 11.3. The van der Waals surface area contributed by atoms with Crippen molar-refractivity contribution in [3.8, 4) is 5.75 Å². The summed E-state index contributed by atoms with van der Waals surface area (Å²) in [5, 5.41) is 9.40. The zero-order valence-corrected chi connectivity index (χ0v) is 13.3. The lowest BCUT2D eigenvalue weighted by molar-refractivity contribution is 0.177. The third kappa shape index (κ3) is 3.83. The molecule has 2 amide bonds. The summed E-state index contributed by atoms with van der Waals surface area (Å²) in [6, 6.07) is 8.04. The fraction of sp³-hybridized carbons (Fsp3) is 0.412. The van der Waals surface area contributed by atoms with Gasteiger partial charge in [-0.25, -0.2) is 4.79 Å². The van der Waals surface area contributed by atoms with Gasteiger partial charge in [0.1, 0.15) is 5.75 Å². The molecule has 2 heterocycles. The number of likely N-dealkylation sites (tertiary alicyclic amines) is 1. The summed E-state index contributed by atoms with van der Waals surface area (Å²) in [5.41, 5.74) is 1.90. The number of benzene rings is 1. The number of para-hydroxylation sites is 1. The van der Waals surface area contributed by atoms with E-state index in [2.05, 4.69) is 21.6 Å². The Hall–Kier alpha value is -2.50. The van der Waals surface area contributed by atoms with Gasteiger partial charge in [0, 0.05) is 19.3 Å². The number of rotatable bonds is 4. The first kappa shape index (κ1) is 15.4. The molecule has 3 rings (SSSR count). The summed E-state index contributed by atoms with van der Waals surface area (Å²) >= 11 is 0. The highest BCUT2D eigenvalue weighted by atomic mass is 16.5. The Bertz CT molecular complexity index is 642. The third-order valence-electron chi connectivity index (χ3n) is 4.26. The lowest BCUT2D eigenvalue weighted by atomic mass is 9.91. The average molecular weight is 314 g/mol. The zero-order valence-electron chi connectivity index (χ0n) is 13.3. The molecule has 1 aliphatic rings. The standard InChI is InChI=1S/C17H22N4O2/c1-23-16-7-3-2-6-14(16)9-13-5-4-8-21(12-13)17(22)20-15-10-18-19-11-15/h2-3,6-7,10-11,13H,4-5,8-9,12H2,1H3,(H,18,19)(H,20,22)/t13-/m1/s1. The number of piperidine rings is 1. The fourth-order valence-corrected chi connectivity index (χ4v) is 3.12. The van der Waals surface area contributed by atoms with E-state index in [9.17, 15) is 4.79 Å². The quantitative estimate of drug-likeness (QED) is 0.911. The number of amides is 2. The van der Waals surface area contributed by atoms with Crippen molar-refractivity contribution in [2.45, 2.75) is 19.3 Å². The lowest BCUT2D eigenvalue weighted by Gasteiger charge is -2.33. The molecule has 1 aromatic carbocycles. The molecule has 0 radical (unpaired) electrons. The number of H-pyrrole nitrogens is 1. The minimum Gasteiger partial charge on any atom is -0.496 e. The van der Waals surface area contributed by atoms with E-state index in [1.165, 1.54) is 5.56 Å². The van der Waals surface area contributed by atoms with Crippen molar-refractivity contribution >= 4 is 11.7 Å². The second-order valence-corrected chi connectivity index (χ2v) is 5.89. The SMILES string of the molecule is COc1ccccc1C[C@H]1CCCN(C(=O)Nc2cn[nH]c2)C1. The van der Waals surface area contributed by atoms with Crippen molar-refractivity contribution in [1.82, 2.24) is 15.1 Å². The maximum absolute atomic E-state index is 12.3. The van der Waals surface area contributed by atoms with Crippen molar-refractivity contribution in [2.24, 2.45) is 5.92 Å². The van der Waals surface area contributed by atoms with Crippen molar-refractivity contribution < 1.29 is 9.53 Å². The molecule has 122 valence electrons. The summed E-state index contributed by atoms with van der Waals surface area (Å²) in [4.78, 5) is 14.2. The Kier molecular flexibility index (Phi) is 4.80. The number of urea groups is 1. The van der Waals surface area contributed by atoms with Gasteiger partial charge in [-0.2, -0.15) is 5.10 Å². The minimum absolute atomic E-state index is 0.0591. The van der Waals surface area contributed by atoms with Crippen LogP contribution in [0.4, 0.5) is 10.5 Å². The molecule has 1 fully saturated rings. The van der Waals surface area contributed by atoms with E-state index in [-0.39, 0.29) is 6.03 Å². The number of hydrogen-bond donors (Lipinski definition) is 2. The summed E-state index contributed by atoms with van der Waals surface area (Å²) in [7, 11) is 1.70. The van der Waals surface area contributed by atoms with Gasteiger partial charge in [0.25, 0.3) is 0 Å². The van der Waals surface area contributed by atoms with Gasteiger partial charge < -0.3 is 15.0 Å². The van der Waals surface area contributed by atoms with Crippen LogP contribution < -0.4 is 10.1 Å². The molecule has 1 saturated heterocycles. The van der Waals surface area contributed by atoms with Crippen molar-refractivity contribution in [1.29, 1.82) is 0 Å². The van der Waals surface area contributed by atoms with Gasteiger partial charge in [-0.15, -0.1) is 0 Å². The molecule has 1 aromatic heterocycles. The van der Waals surface area contributed by atoms with E-state index >= 15 is 0 Å². The number of carbonyl (C=O) groups excluding carboxylic acids is 1. The first-order valence-electron chi connectivity index (χ1n) is 7.93. The largest absolute Gasteiger partial charge is 0.496 e. The van der Waals surface area contributed by atoms with Gasteiger partial charge in [0.2, 0.25) is 0 Å². The predicted molar refractivity (Wildman–Crippen MR) is 88.6 cm³/mol. The van der Waals surface area contributed by atoms with Crippen molar-refractivity contribution in [3.63, 3.8) is 0 Å². The number of methoxy groups -OCH3 is 1. The van der Waals surface area contributed by atoms with Crippen LogP contribution in [0, 0.1) is 5.92 Å². The first-order valence-corrected chi connectivity index (χ1v) is 7.93. The molecule has 23 heavy (non-hydrogen) atoms. The van der Waals surface area contributed by atoms with E-state index < -0.39 is 0 Å². The molecular formula is C17H22N4O2. The van der Waals surface area contributed by atoms with Gasteiger partial charge >= 0.3 is 6.03 Å². The molecule has 0 aliphatic carbocycles. The Morgan fingerprint density at radius 1 is 1.48 bits per heavy atom. The van der Waals surface area contributed by atoms with Crippen LogP contribution in [0.3, 0.4) is 0 Å². The Labute approximate surface area is 135 Å². The van der Waals surface area contributed by atoms with Crippen LogP contribution in [-0.4, -0.2) is 41.3 Å². The normalized spacial score (nSPS) is 17.8. The van der Waals surface area contributed by atoms with Gasteiger partial charge in [-0.05, 0) is 36.8 Å². The summed E-state index contributed by atoms with van der Waals surface area (Å²) in [5.74, 6) is 1.38. The van der Waals surface area contributed by atoms with Gasteiger partial charge in [-0.3, -0.25) is 5.10 Å². The zero-order chi connectivity index (χ0) is 16.1. The number of hydrogen-bond acceptors (Lipinski definition) is 3. The van der Waals surface area contributed by atoms with E-state index in [4.69, 9.17) is 4.74 Å². The Balaban J connectivity index is 1.60. The maximum atomic E-state index is 12.3. The smallest absolute Gasteiger partial charge is 0.321 e. The van der Waals surface area contributed by atoms with E-state index in [1.54, 1.807) is 19.5 Å². The molecule has 6 heteroatoms. The van der Waals surface area contributed by atoms with Gasteiger partial charge in [0.05, 0.1) is 19.0 Å². The minimum atomic E-state index is -0.0591.